The molecule has 1 amide bonds. The van der Waals surface area contributed by atoms with E-state index in [9.17, 15) is 4.79 Å². The SMILES string of the molecule is C=CC(=O)N1CCC2[C@H]1CN2c1nc(OC[C@@H]2CCCN2C)nc2cc(-c3cccc4c3CCCC4)c(F)cc12. The standard InChI is InChI=1S/C32H36FN5O2/c1-3-30(39)37-15-13-28-29(37)18-38(28)31-25-16-26(33)24(23-12-6-9-20-8-4-5-11-22(20)23)17-27(25)34-32(35-31)40-19-21-10-7-14-36(21)2/h3,6,9,12,16-17,21,28-29H,1,4-5,7-8,10-11,13-15,18-19H2,2H3/t21-,28?,29+/m0/s1. The average molecular weight is 542 g/mol. The summed E-state index contributed by atoms with van der Waals surface area (Å²) in [5.41, 5.74) is 4.81. The Morgan fingerprint density at radius 3 is 2.80 bits per heavy atom. The molecular weight excluding hydrogens is 505 g/mol. The number of carbonyl (C=O) groups excluding carboxylic acids is 1. The molecule has 8 heteroatoms. The van der Waals surface area contributed by atoms with Crippen molar-refractivity contribution in [3.63, 3.8) is 0 Å². The van der Waals surface area contributed by atoms with E-state index in [0.29, 0.717) is 54.0 Å². The van der Waals surface area contributed by atoms with Crippen LogP contribution in [-0.2, 0) is 17.6 Å². The normalized spacial score (nSPS) is 24.1. The lowest BCUT2D eigenvalue weighted by atomic mass is 9.85. The number of likely N-dealkylation sites (N-methyl/N-ethyl adjacent to an activating group) is 1. The summed E-state index contributed by atoms with van der Waals surface area (Å²) in [6, 6.07) is 10.7. The number of amides is 1. The lowest BCUT2D eigenvalue weighted by Gasteiger charge is -2.47. The van der Waals surface area contributed by atoms with Crippen LogP contribution < -0.4 is 9.64 Å². The van der Waals surface area contributed by atoms with Crippen LogP contribution in [0.15, 0.2) is 43.0 Å². The van der Waals surface area contributed by atoms with Crippen molar-refractivity contribution in [1.82, 2.24) is 19.8 Å². The lowest BCUT2D eigenvalue weighted by Crippen LogP contribution is -2.63. The number of hydrogen-bond acceptors (Lipinski definition) is 6. The summed E-state index contributed by atoms with van der Waals surface area (Å²) in [6.07, 6.45) is 8.80. The molecule has 40 heavy (non-hydrogen) atoms. The van der Waals surface area contributed by atoms with E-state index in [1.807, 2.05) is 23.1 Å². The second-order valence-electron chi connectivity index (χ2n) is 11.7. The molecule has 3 aromatic rings. The lowest BCUT2D eigenvalue weighted by molar-refractivity contribution is -0.127. The van der Waals surface area contributed by atoms with Gasteiger partial charge in [-0.1, -0.05) is 24.8 Å². The van der Waals surface area contributed by atoms with Crippen molar-refractivity contribution in [2.75, 3.05) is 38.2 Å². The number of carbonyl (C=O) groups is 1. The van der Waals surface area contributed by atoms with Crippen LogP contribution in [0.3, 0.4) is 0 Å². The number of nitrogens with zero attached hydrogens (tertiary/aromatic N) is 5. The number of fused-ring (bicyclic) bond motifs is 3. The maximum Gasteiger partial charge on any atom is 0.319 e. The van der Waals surface area contributed by atoms with Gasteiger partial charge in [-0.05, 0) is 93.4 Å². The smallest absolute Gasteiger partial charge is 0.319 e. The highest BCUT2D eigenvalue weighted by Crippen LogP contribution is 2.41. The monoisotopic (exact) mass is 541 g/mol. The average Bonchev–Trinajstić information content (AvgIpc) is 3.53. The molecule has 2 aromatic carbocycles. The zero-order valence-electron chi connectivity index (χ0n) is 23.1. The minimum Gasteiger partial charge on any atom is -0.462 e. The molecule has 7 rings (SSSR count). The number of anilines is 1. The van der Waals surface area contributed by atoms with Crippen LogP contribution in [0, 0.1) is 5.82 Å². The Hall–Kier alpha value is -3.52. The van der Waals surface area contributed by atoms with Gasteiger partial charge in [-0.25, -0.2) is 4.39 Å². The van der Waals surface area contributed by atoms with E-state index in [2.05, 4.69) is 29.5 Å². The summed E-state index contributed by atoms with van der Waals surface area (Å²) in [6.45, 7) is 6.59. The van der Waals surface area contributed by atoms with Crippen LogP contribution in [0.1, 0.15) is 43.2 Å². The molecule has 3 atom stereocenters. The zero-order chi connectivity index (χ0) is 27.4. The predicted octanol–water partition coefficient (Wildman–Crippen LogP) is 4.76. The molecule has 0 bridgehead atoms. The van der Waals surface area contributed by atoms with Gasteiger partial charge < -0.3 is 19.4 Å². The number of aromatic nitrogens is 2. The van der Waals surface area contributed by atoms with Gasteiger partial charge >= 0.3 is 6.01 Å². The number of benzene rings is 2. The third kappa shape index (κ3) is 4.24. The summed E-state index contributed by atoms with van der Waals surface area (Å²) in [5.74, 6) is 0.394. The summed E-state index contributed by atoms with van der Waals surface area (Å²) < 4.78 is 22.2. The first-order valence-corrected chi connectivity index (χ1v) is 14.7. The Labute approximate surface area is 234 Å². The third-order valence-corrected chi connectivity index (χ3v) is 9.53. The van der Waals surface area contributed by atoms with E-state index in [1.165, 1.54) is 23.6 Å². The van der Waals surface area contributed by atoms with Gasteiger partial charge in [0, 0.05) is 30.1 Å². The molecule has 0 spiro atoms. The van der Waals surface area contributed by atoms with Crippen molar-refractivity contribution in [1.29, 1.82) is 0 Å². The molecule has 3 saturated heterocycles. The van der Waals surface area contributed by atoms with Gasteiger partial charge in [0.05, 0.1) is 17.6 Å². The molecule has 3 fully saturated rings. The van der Waals surface area contributed by atoms with Gasteiger partial charge in [0.2, 0.25) is 5.91 Å². The highest BCUT2D eigenvalue weighted by Gasteiger charge is 2.49. The second kappa shape index (κ2) is 10.1. The van der Waals surface area contributed by atoms with Crippen LogP contribution in [-0.4, -0.2) is 77.1 Å². The van der Waals surface area contributed by atoms with Crippen LogP contribution in [0.2, 0.25) is 0 Å². The van der Waals surface area contributed by atoms with Crippen LogP contribution in [0.4, 0.5) is 10.2 Å². The van der Waals surface area contributed by atoms with E-state index in [-0.39, 0.29) is 23.8 Å². The largest absolute Gasteiger partial charge is 0.462 e. The fourth-order valence-corrected chi connectivity index (χ4v) is 7.25. The molecule has 3 aliphatic heterocycles. The number of rotatable bonds is 6. The molecule has 7 nitrogen and oxygen atoms in total. The number of halogens is 1. The molecule has 4 heterocycles. The summed E-state index contributed by atoms with van der Waals surface area (Å²) in [4.78, 5) is 28.4. The predicted molar refractivity (Wildman–Crippen MR) is 154 cm³/mol. The second-order valence-corrected chi connectivity index (χ2v) is 11.7. The van der Waals surface area contributed by atoms with Crippen LogP contribution in [0.5, 0.6) is 6.01 Å². The first-order chi connectivity index (χ1) is 19.5. The van der Waals surface area contributed by atoms with Crippen molar-refractivity contribution in [2.24, 2.45) is 0 Å². The van der Waals surface area contributed by atoms with E-state index < -0.39 is 0 Å². The number of hydrogen-bond donors (Lipinski definition) is 0. The Morgan fingerprint density at radius 2 is 1.98 bits per heavy atom. The molecule has 208 valence electrons. The van der Waals surface area contributed by atoms with Gasteiger partial charge in [0.1, 0.15) is 18.2 Å². The summed E-state index contributed by atoms with van der Waals surface area (Å²) in [5, 5.41) is 0.684. The number of ether oxygens (including phenoxy) is 1. The number of likely N-dealkylation sites (tertiary alicyclic amines) is 2. The molecule has 1 aromatic heterocycles. The highest BCUT2D eigenvalue weighted by atomic mass is 19.1. The van der Waals surface area contributed by atoms with Gasteiger partial charge in [-0.3, -0.25) is 4.79 Å². The number of aryl methyl sites for hydroxylation is 1. The quantitative estimate of drug-likeness (QED) is 0.420. The van der Waals surface area contributed by atoms with Crippen molar-refractivity contribution in [3.05, 3.63) is 59.9 Å². The van der Waals surface area contributed by atoms with Crippen molar-refractivity contribution >= 4 is 22.6 Å². The Bertz CT molecular complexity index is 1490. The highest BCUT2D eigenvalue weighted by molar-refractivity contribution is 5.94. The molecule has 4 aliphatic rings. The Morgan fingerprint density at radius 1 is 1.10 bits per heavy atom. The summed E-state index contributed by atoms with van der Waals surface area (Å²) >= 11 is 0. The van der Waals surface area contributed by atoms with E-state index in [1.54, 1.807) is 6.07 Å². The van der Waals surface area contributed by atoms with Gasteiger partial charge in [-0.15, -0.1) is 0 Å². The Balaban J connectivity index is 1.29. The maximum absolute atomic E-state index is 15.9. The molecule has 1 aliphatic carbocycles. The topological polar surface area (TPSA) is 61.8 Å². The first kappa shape index (κ1) is 25.4. The van der Waals surface area contributed by atoms with Gasteiger partial charge in [0.15, 0.2) is 0 Å². The Kier molecular flexibility index (Phi) is 6.45. The van der Waals surface area contributed by atoms with Crippen LogP contribution in [0.25, 0.3) is 22.0 Å². The fourth-order valence-electron chi connectivity index (χ4n) is 7.25. The van der Waals surface area contributed by atoms with E-state index in [0.717, 1.165) is 50.6 Å². The molecule has 0 saturated carbocycles. The molecular formula is C32H36FN5O2. The zero-order valence-corrected chi connectivity index (χ0v) is 23.1. The minimum absolute atomic E-state index is 0.0359. The maximum atomic E-state index is 15.9. The van der Waals surface area contributed by atoms with Crippen LogP contribution >= 0.6 is 0 Å². The molecule has 0 N–H and O–H groups in total. The minimum atomic E-state index is -0.260. The van der Waals surface area contributed by atoms with E-state index >= 15 is 4.39 Å². The van der Waals surface area contributed by atoms with Gasteiger partial charge in [-0.2, -0.15) is 9.97 Å². The van der Waals surface area contributed by atoms with Crippen molar-refractivity contribution in [3.8, 4) is 17.1 Å². The fraction of sp³-hybridized carbons (Fsp3) is 0.469. The first-order valence-electron chi connectivity index (χ1n) is 14.7. The van der Waals surface area contributed by atoms with E-state index in [4.69, 9.17) is 14.7 Å². The summed E-state index contributed by atoms with van der Waals surface area (Å²) in [7, 11) is 2.12. The molecule has 0 radical (unpaired) electrons. The van der Waals surface area contributed by atoms with Crippen molar-refractivity contribution in [2.45, 2.75) is 63.1 Å². The van der Waals surface area contributed by atoms with Crippen molar-refractivity contribution < 1.29 is 13.9 Å². The van der Waals surface area contributed by atoms with Gasteiger partial charge in [0.25, 0.3) is 0 Å². The third-order valence-electron chi connectivity index (χ3n) is 9.53. The molecule has 1 unspecified atom stereocenters.